The van der Waals surface area contributed by atoms with Crippen molar-refractivity contribution in [2.45, 2.75) is 64.6 Å². The number of amides is 2. The fraction of sp³-hybridized carbons (Fsp3) is 0.375. The number of anilines is 1. The highest BCUT2D eigenvalue weighted by atomic mass is 32.2. The first-order valence-electron chi connectivity index (χ1n) is 13.7. The van der Waals surface area contributed by atoms with Gasteiger partial charge in [0.1, 0.15) is 18.4 Å². The smallest absolute Gasteiger partial charge is 0.264 e. The molecule has 43 heavy (non-hydrogen) atoms. The summed E-state index contributed by atoms with van der Waals surface area (Å²) >= 11 is 0. The van der Waals surface area contributed by atoms with Gasteiger partial charge in [-0.15, -0.1) is 0 Å². The molecule has 3 rings (SSSR count). The van der Waals surface area contributed by atoms with E-state index in [0.29, 0.717) is 11.3 Å². The molecule has 0 radical (unpaired) electrons. The van der Waals surface area contributed by atoms with Gasteiger partial charge in [0, 0.05) is 18.2 Å². The van der Waals surface area contributed by atoms with Crippen LogP contribution in [0.5, 0.6) is 11.5 Å². The Hall–Kier alpha value is -4.12. The predicted octanol–water partition coefficient (Wildman–Crippen LogP) is 4.99. The molecule has 0 heterocycles. The fourth-order valence-corrected chi connectivity index (χ4v) is 5.98. The molecule has 9 nitrogen and oxygen atoms in total. The number of nitrogens with one attached hydrogen (secondary N) is 1. The summed E-state index contributed by atoms with van der Waals surface area (Å²) < 4.78 is 53.7. The van der Waals surface area contributed by atoms with Crippen molar-refractivity contribution in [2.75, 3.05) is 25.1 Å². The highest BCUT2D eigenvalue weighted by molar-refractivity contribution is 7.92. The number of methoxy groups -OCH3 is 2. The van der Waals surface area contributed by atoms with E-state index in [1.54, 1.807) is 19.1 Å². The standard InChI is InChI=1S/C32H40FN3O6S/c1-21-15-22(2)17-26(16-21)36(43(39,40)27-13-14-28(41-7)29(18-27)42-8)20-30(37)35(19-24-9-11-25(33)12-10-24)23(3)31(38)34-32(4,5)6/h9-18,23H,19-20H2,1-8H3,(H,34,38)/t23-/m0/s1. The second-order valence-electron chi connectivity index (χ2n) is 11.4. The molecular formula is C32H40FN3O6S. The number of carbonyl (C=O) groups excluding carboxylic acids is 2. The average Bonchev–Trinajstić information content (AvgIpc) is 2.93. The molecule has 0 unspecified atom stereocenters. The van der Waals surface area contributed by atoms with Crippen LogP contribution in [0.15, 0.2) is 65.6 Å². The highest BCUT2D eigenvalue weighted by Gasteiger charge is 2.34. The fourth-order valence-electron chi connectivity index (χ4n) is 4.57. The topological polar surface area (TPSA) is 105 Å². The zero-order valence-electron chi connectivity index (χ0n) is 25.9. The zero-order chi connectivity index (χ0) is 32.1. The maximum absolute atomic E-state index is 14.2. The van der Waals surface area contributed by atoms with E-state index in [2.05, 4.69) is 5.32 Å². The first-order chi connectivity index (χ1) is 20.0. The summed E-state index contributed by atoms with van der Waals surface area (Å²) in [5.41, 5.74) is 1.89. The van der Waals surface area contributed by atoms with Crippen molar-refractivity contribution in [2.24, 2.45) is 0 Å². The second kappa shape index (κ2) is 13.5. The highest BCUT2D eigenvalue weighted by Crippen LogP contribution is 2.33. The Kier molecular flexibility index (Phi) is 10.4. The molecule has 0 bridgehead atoms. The number of halogens is 1. The van der Waals surface area contributed by atoms with E-state index >= 15 is 0 Å². The molecule has 232 valence electrons. The molecule has 0 saturated carbocycles. The third-order valence-corrected chi connectivity index (χ3v) is 8.42. The quantitative estimate of drug-likeness (QED) is 0.327. The minimum absolute atomic E-state index is 0.0467. The van der Waals surface area contributed by atoms with Crippen LogP contribution in [0.3, 0.4) is 0 Å². The van der Waals surface area contributed by atoms with Crippen molar-refractivity contribution in [3.63, 3.8) is 0 Å². The summed E-state index contributed by atoms with van der Waals surface area (Å²) in [6.07, 6.45) is 0. The van der Waals surface area contributed by atoms with Crippen LogP contribution in [0, 0.1) is 19.7 Å². The molecule has 11 heteroatoms. The molecule has 1 N–H and O–H groups in total. The van der Waals surface area contributed by atoms with Crippen molar-refractivity contribution in [1.29, 1.82) is 0 Å². The van der Waals surface area contributed by atoms with Gasteiger partial charge in [-0.3, -0.25) is 13.9 Å². The SMILES string of the molecule is COc1ccc(S(=O)(=O)N(CC(=O)N(Cc2ccc(F)cc2)[C@@H](C)C(=O)NC(C)(C)C)c2cc(C)cc(C)c2)cc1OC. The number of hydrogen-bond donors (Lipinski definition) is 1. The van der Waals surface area contributed by atoms with Crippen LogP contribution < -0.4 is 19.1 Å². The van der Waals surface area contributed by atoms with E-state index in [-0.39, 0.29) is 22.9 Å². The Balaban J connectivity index is 2.11. The van der Waals surface area contributed by atoms with Gasteiger partial charge in [0.15, 0.2) is 11.5 Å². The normalized spacial score (nSPS) is 12.3. The maximum Gasteiger partial charge on any atom is 0.264 e. The summed E-state index contributed by atoms with van der Waals surface area (Å²) in [5, 5.41) is 2.88. The Bertz CT molecular complexity index is 1550. The zero-order valence-corrected chi connectivity index (χ0v) is 26.7. The number of ether oxygens (including phenoxy) is 2. The number of rotatable bonds is 11. The van der Waals surface area contributed by atoms with E-state index in [4.69, 9.17) is 9.47 Å². The maximum atomic E-state index is 14.2. The van der Waals surface area contributed by atoms with Crippen LogP contribution in [0.4, 0.5) is 10.1 Å². The van der Waals surface area contributed by atoms with E-state index < -0.39 is 45.8 Å². The van der Waals surface area contributed by atoms with Gasteiger partial charge in [-0.05, 0) is 94.6 Å². The van der Waals surface area contributed by atoms with Crippen molar-refractivity contribution in [1.82, 2.24) is 10.2 Å². The molecule has 3 aromatic carbocycles. The van der Waals surface area contributed by atoms with E-state index in [1.807, 2.05) is 40.7 Å². The van der Waals surface area contributed by atoms with Gasteiger partial charge in [0.25, 0.3) is 10.0 Å². The summed E-state index contributed by atoms with van der Waals surface area (Å²) in [5.74, 6) is -0.921. The lowest BCUT2D eigenvalue weighted by atomic mass is 10.1. The van der Waals surface area contributed by atoms with Crippen molar-refractivity contribution >= 4 is 27.5 Å². The first kappa shape index (κ1) is 33.4. The predicted molar refractivity (Wildman–Crippen MR) is 164 cm³/mol. The van der Waals surface area contributed by atoms with Crippen LogP contribution >= 0.6 is 0 Å². The monoisotopic (exact) mass is 613 g/mol. The summed E-state index contributed by atoms with van der Waals surface area (Å²) in [6, 6.07) is 14.1. The first-order valence-corrected chi connectivity index (χ1v) is 15.2. The van der Waals surface area contributed by atoms with Gasteiger partial charge in [0.2, 0.25) is 11.8 Å². The molecule has 0 fully saturated rings. The molecule has 0 spiro atoms. The molecular weight excluding hydrogens is 573 g/mol. The van der Waals surface area contributed by atoms with Crippen LogP contribution in [0.2, 0.25) is 0 Å². The van der Waals surface area contributed by atoms with Gasteiger partial charge in [-0.2, -0.15) is 0 Å². The number of sulfonamides is 1. The average molecular weight is 614 g/mol. The van der Waals surface area contributed by atoms with Crippen molar-refractivity contribution in [3.8, 4) is 11.5 Å². The summed E-state index contributed by atoms with van der Waals surface area (Å²) in [4.78, 5) is 28.5. The number of aryl methyl sites for hydroxylation is 2. The lowest BCUT2D eigenvalue weighted by Crippen LogP contribution is -2.54. The minimum Gasteiger partial charge on any atom is -0.493 e. The second-order valence-corrected chi connectivity index (χ2v) is 13.3. The summed E-state index contributed by atoms with van der Waals surface area (Å²) in [7, 11) is -1.48. The lowest BCUT2D eigenvalue weighted by molar-refractivity contribution is -0.140. The van der Waals surface area contributed by atoms with Crippen molar-refractivity contribution in [3.05, 3.63) is 83.2 Å². The van der Waals surface area contributed by atoms with E-state index in [9.17, 15) is 22.4 Å². The number of nitrogens with zero attached hydrogens (tertiary/aromatic N) is 2. The number of carbonyl (C=O) groups is 2. The van der Waals surface area contributed by atoms with Gasteiger partial charge < -0.3 is 19.7 Å². The van der Waals surface area contributed by atoms with Crippen LogP contribution in [0.1, 0.15) is 44.4 Å². The van der Waals surface area contributed by atoms with E-state index in [0.717, 1.165) is 15.4 Å². The molecule has 0 aromatic heterocycles. The minimum atomic E-state index is -4.33. The van der Waals surface area contributed by atoms with E-state index in [1.165, 1.54) is 61.6 Å². The molecule has 0 aliphatic rings. The van der Waals surface area contributed by atoms with Gasteiger partial charge in [-0.25, -0.2) is 12.8 Å². The molecule has 0 saturated heterocycles. The molecule has 0 aliphatic carbocycles. The van der Waals surface area contributed by atoms with Crippen LogP contribution in [0.25, 0.3) is 0 Å². The van der Waals surface area contributed by atoms with Crippen molar-refractivity contribution < 1.29 is 31.9 Å². The third kappa shape index (κ3) is 8.47. The van der Waals surface area contributed by atoms with Crippen LogP contribution in [-0.4, -0.2) is 57.5 Å². The Labute approximate surface area is 253 Å². The largest absolute Gasteiger partial charge is 0.493 e. The van der Waals surface area contributed by atoms with Crippen LogP contribution in [-0.2, 0) is 26.2 Å². The Morgan fingerprint density at radius 1 is 0.907 bits per heavy atom. The molecule has 2 amide bonds. The third-order valence-electron chi connectivity index (χ3n) is 6.65. The molecule has 1 atom stereocenters. The van der Waals surface area contributed by atoms with Gasteiger partial charge in [-0.1, -0.05) is 18.2 Å². The lowest BCUT2D eigenvalue weighted by Gasteiger charge is -2.33. The Morgan fingerprint density at radius 2 is 1.49 bits per heavy atom. The number of benzene rings is 3. The van der Waals surface area contributed by atoms with Gasteiger partial charge in [0.05, 0.1) is 24.8 Å². The Morgan fingerprint density at radius 3 is 2.02 bits per heavy atom. The summed E-state index contributed by atoms with van der Waals surface area (Å²) in [6.45, 7) is 10.1. The number of hydrogen-bond acceptors (Lipinski definition) is 6. The molecule has 3 aromatic rings. The molecule has 0 aliphatic heterocycles. The van der Waals surface area contributed by atoms with Gasteiger partial charge >= 0.3 is 0 Å².